The summed E-state index contributed by atoms with van der Waals surface area (Å²) in [5.41, 5.74) is 5.70. The van der Waals surface area contributed by atoms with Gasteiger partial charge in [0.25, 0.3) is 0 Å². The van der Waals surface area contributed by atoms with E-state index in [4.69, 9.17) is 5.73 Å². The number of aliphatic hydroxyl groups is 1. The average molecular weight is 217 g/mol. The molecule has 0 aliphatic carbocycles. The fraction of sp³-hybridized carbons (Fsp3) is 1.00. The van der Waals surface area contributed by atoms with Gasteiger partial charge in [-0.3, -0.25) is 0 Å². The van der Waals surface area contributed by atoms with Crippen molar-refractivity contribution in [2.45, 2.75) is 44.3 Å². The molecule has 0 radical (unpaired) electrons. The Morgan fingerprint density at radius 2 is 2.14 bits per heavy atom. The number of rotatable bonds is 4. The van der Waals surface area contributed by atoms with Gasteiger partial charge in [-0.1, -0.05) is 13.8 Å². The van der Waals surface area contributed by atoms with E-state index in [1.807, 2.05) is 11.8 Å². The number of thioether (sulfide) groups is 1. The Hall–Kier alpha value is 0.270. The number of nitrogens with two attached hydrogens (primary N) is 1. The fourth-order valence-corrected chi connectivity index (χ4v) is 3.99. The average Bonchev–Trinajstić information content (AvgIpc) is 2.13. The Morgan fingerprint density at radius 3 is 2.64 bits per heavy atom. The molecule has 1 rings (SSSR count). The van der Waals surface area contributed by atoms with Gasteiger partial charge in [0.05, 0.1) is 0 Å². The molecule has 1 aliphatic heterocycles. The molecule has 1 fully saturated rings. The fourth-order valence-electron chi connectivity index (χ4n) is 2.49. The number of hydrogen-bond donors (Lipinski definition) is 2. The molecule has 0 spiro atoms. The molecule has 0 bridgehead atoms. The van der Waals surface area contributed by atoms with Crippen LogP contribution in [0.3, 0.4) is 0 Å². The minimum absolute atomic E-state index is 0.161. The van der Waals surface area contributed by atoms with Crippen molar-refractivity contribution in [3.8, 4) is 0 Å². The maximum absolute atomic E-state index is 9.55. The SMILES string of the molecule is CC1(C)CC(CO)(CCCN)CCS1. The second-order valence-electron chi connectivity index (χ2n) is 5.09. The van der Waals surface area contributed by atoms with Crippen LogP contribution in [0.1, 0.15) is 39.5 Å². The lowest BCUT2D eigenvalue weighted by atomic mass is 9.74. The Balaban J connectivity index is 2.58. The van der Waals surface area contributed by atoms with Crippen LogP contribution in [0.2, 0.25) is 0 Å². The zero-order valence-corrected chi connectivity index (χ0v) is 10.2. The Morgan fingerprint density at radius 1 is 1.43 bits per heavy atom. The van der Waals surface area contributed by atoms with Crippen LogP contribution in [0.5, 0.6) is 0 Å². The summed E-state index contributed by atoms with van der Waals surface area (Å²) in [6, 6.07) is 0. The van der Waals surface area contributed by atoms with Gasteiger partial charge in [-0.25, -0.2) is 0 Å². The molecule has 1 heterocycles. The van der Waals surface area contributed by atoms with Crippen molar-refractivity contribution in [2.75, 3.05) is 18.9 Å². The van der Waals surface area contributed by atoms with Gasteiger partial charge in [-0.2, -0.15) is 11.8 Å². The minimum Gasteiger partial charge on any atom is -0.396 e. The van der Waals surface area contributed by atoms with Gasteiger partial charge in [0.15, 0.2) is 0 Å². The lowest BCUT2D eigenvalue weighted by Crippen LogP contribution is -2.38. The van der Waals surface area contributed by atoms with Crippen LogP contribution >= 0.6 is 11.8 Å². The van der Waals surface area contributed by atoms with Gasteiger partial charge in [0.1, 0.15) is 0 Å². The highest BCUT2D eigenvalue weighted by Crippen LogP contribution is 2.47. The molecule has 0 saturated carbocycles. The lowest BCUT2D eigenvalue weighted by molar-refractivity contribution is 0.0867. The highest BCUT2D eigenvalue weighted by atomic mass is 32.2. The zero-order chi connectivity index (χ0) is 10.7. The molecule has 1 atom stereocenters. The van der Waals surface area contributed by atoms with Crippen LogP contribution in [0.15, 0.2) is 0 Å². The summed E-state index contributed by atoms with van der Waals surface area (Å²) in [5.74, 6) is 1.18. The van der Waals surface area contributed by atoms with Crippen LogP contribution in [-0.2, 0) is 0 Å². The normalized spacial score (nSPS) is 31.7. The smallest absolute Gasteiger partial charge is 0.0488 e. The monoisotopic (exact) mass is 217 g/mol. The predicted molar refractivity (Wildman–Crippen MR) is 63.6 cm³/mol. The molecule has 2 nitrogen and oxygen atoms in total. The second-order valence-corrected chi connectivity index (χ2v) is 6.89. The molecule has 14 heavy (non-hydrogen) atoms. The molecule has 1 aliphatic rings. The van der Waals surface area contributed by atoms with E-state index < -0.39 is 0 Å². The molecule has 0 aromatic rings. The largest absolute Gasteiger partial charge is 0.396 e. The van der Waals surface area contributed by atoms with E-state index in [0.29, 0.717) is 11.4 Å². The number of hydrogen-bond acceptors (Lipinski definition) is 3. The van der Waals surface area contributed by atoms with Crippen molar-refractivity contribution in [2.24, 2.45) is 11.1 Å². The topological polar surface area (TPSA) is 46.2 Å². The molecule has 0 amide bonds. The third-order valence-electron chi connectivity index (χ3n) is 3.17. The maximum atomic E-state index is 9.55. The third kappa shape index (κ3) is 3.14. The van der Waals surface area contributed by atoms with E-state index in [2.05, 4.69) is 13.8 Å². The highest BCUT2D eigenvalue weighted by Gasteiger charge is 2.39. The molecule has 1 saturated heterocycles. The summed E-state index contributed by atoms with van der Waals surface area (Å²) in [5, 5.41) is 9.55. The van der Waals surface area contributed by atoms with Gasteiger partial charge in [-0.15, -0.1) is 0 Å². The van der Waals surface area contributed by atoms with Crippen molar-refractivity contribution in [1.29, 1.82) is 0 Å². The van der Waals surface area contributed by atoms with Gasteiger partial charge in [0.2, 0.25) is 0 Å². The van der Waals surface area contributed by atoms with Gasteiger partial charge >= 0.3 is 0 Å². The van der Waals surface area contributed by atoms with E-state index in [0.717, 1.165) is 32.2 Å². The Bertz CT molecular complexity index is 184. The van der Waals surface area contributed by atoms with Gasteiger partial charge in [-0.05, 0) is 43.4 Å². The van der Waals surface area contributed by atoms with E-state index in [9.17, 15) is 5.11 Å². The molecule has 3 N–H and O–H groups in total. The molecular formula is C11H23NOS. The highest BCUT2D eigenvalue weighted by molar-refractivity contribution is 8.00. The standard InChI is InChI=1S/C11H23NOS/c1-10(2)8-11(9-13,4-3-6-12)5-7-14-10/h13H,3-9,12H2,1-2H3. The molecule has 1 unspecified atom stereocenters. The molecule has 84 valence electrons. The van der Waals surface area contributed by atoms with Crippen molar-refractivity contribution in [3.05, 3.63) is 0 Å². The van der Waals surface area contributed by atoms with Crippen LogP contribution in [-0.4, -0.2) is 28.8 Å². The molecule has 0 aromatic heterocycles. The first-order valence-electron chi connectivity index (χ1n) is 5.49. The maximum Gasteiger partial charge on any atom is 0.0488 e. The van der Waals surface area contributed by atoms with Gasteiger partial charge in [0, 0.05) is 11.4 Å². The molecular weight excluding hydrogens is 194 g/mol. The van der Waals surface area contributed by atoms with E-state index in [1.165, 1.54) is 5.75 Å². The first kappa shape index (κ1) is 12.3. The first-order chi connectivity index (χ1) is 6.54. The Kier molecular flexibility index (Phi) is 4.29. The summed E-state index contributed by atoms with van der Waals surface area (Å²) in [4.78, 5) is 0. The van der Waals surface area contributed by atoms with E-state index >= 15 is 0 Å². The van der Waals surface area contributed by atoms with E-state index in [-0.39, 0.29) is 5.41 Å². The van der Waals surface area contributed by atoms with Crippen LogP contribution in [0, 0.1) is 5.41 Å². The first-order valence-corrected chi connectivity index (χ1v) is 6.47. The summed E-state index contributed by atoms with van der Waals surface area (Å²) in [6.45, 7) is 5.64. The van der Waals surface area contributed by atoms with Gasteiger partial charge < -0.3 is 10.8 Å². The quantitative estimate of drug-likeness (QED) is 0.757. The van der Waals surface area contributed by atoms with E-state index in [1.54, 1.807) is 0 Å². The summed E-state index contributed by atoms with van der Waals surface area (Å²) >= 11 is 2.03. The predicted octanol–water partition coefficient (Wildman–Crippen LogP) is 2.01. The van der Waals surface area contributed by atoms with Crippen molar-refractivity contribution >= 4 is 11.8 Å². The summed E-state index contributed by atoms with van der Waals surface area (Å²) in [7, 11) is 0. The Labute approximate surface area is 91.6 Å². The summed E-state index contributed by atoms with van der Waals surface area (Å²) < 4.78 is 0.329. The van der Waals surface area contributed by atoms with Crippen molar-refractivity contribution < 1.29 is 5.11 Å². The second kappa shape index (κ2) is 4.86. The van der Waals surface area contributed by atoms with Crippen LogP contribution in [0.25, 0.3) is 0 Å². The lowest BCUT2D eigenvalue weighted by Gasteiger charge is -2.43. The zero-order valence-electron chi connectivity index (χ0n) is 9.38. The molecule has 0 aromatic carbocycles. The van der Waals surface area contributed by atoms with Crippen molar-refractivity contribution in [1.82, 2.24) is 0 Å². The minimum atomic E-state index is 0.161. The number of aliphatic hydroxyl groups excluding tert-OH is 1. The third-order valence-corrected chi connectivity index (χ3v) is 4.51. The van der Waals surface area contributed by atoms with Crippen LogP contribution < -0.4 is 5.73 Å². The van der Waals surface area contributed by atoms with Crippen LogP contribution in [0.4, 0.5) is 0 Å². The summed E-state index contributed by atoms with van der Waals surface area (Å²) in [6.07, 6.45) is 4.41. The van der Waals surface area contributed by atoms with Crippen molar-refractivity contribution in [3.63, 3.8) is 0 Å². The molecule has 3 heteroatoms.